The molecule has 27 heavy (non-hydrogen) atoms. The molecule has 0 atom stereocenters. The number of alkyl halides is 3. The summed E-state index contributed by atoms with van der Waals surface area (Å²) in [4.78, 5) is 24.7. The van der Waals surface area contributed by atoms with Crippen molar-refractivity contribution in [3.63, 3.8) is 0 Å². The maximum absolute atomic E-state index is 12.9. The van der Waals surface area contributed by atoms with Gasteiger partial charge in [-0.05, 0) is 37.1 Å². The predicted molar refractivity (Wildman–Crippen MR) is 89.0 cm³/mol. The third-order valence-electron chi connectivity index (χ3n) is 4.24. The van der Waals surface area contributed by atoms with Gasteiger partial charge in [0.2, 0.25) is 0 Å². The molecule has 6 nitrogen and oxygen atoms in total. The number of aryl methyl sites for hydroxylation is 2. The van der Waals surface area contributed by atoms with E-state index in [2.05, 4.69) is 5.10 Å². The Hall–Kier alpha value is -2.84. The van der Waals surface area contributed by atoms with E-state index < -0.39 is 17.8 Å². The summed E-state index contributed by atoms with van der Waals surface area (Å²) in [5.74, 6) is 0. The summed E-state index contributed by atoms with van der Waals surface area (Å²) in [5.41, 5.74) is 0.949. The fraction of sp³-hybridized carbons (Fsp3) is 0.389. The molecule has 1 aliphatic heterocycles. The van der Waals surface area contributed by atoms with Crippen LogP contribution in [0, 0.1) is 6.92 Å². The molecule has 0 N–H and O–H groups in total. The number of benzene rings is 1. The molecule has 0 spiro atoms. The molecule has 0 radical (unpaired) electrons. The number of rotatable bonds is 3. The number of ether oxygens (including phenoxy) is 1. The Morgan fingerprint density at radius 3 is 2.74 bits per heavy atom. The van der Waals surface area contributed by atoms with Crippen LogP contribution in [0.4, 0.5) is 18.0 Å². The fourth-order valence-electron chi connectivity index (χ4n) is 3.04. The van der Waals surface area contributed by atoms with Crippen LogP contribution in [0.2, 0.25) is 0 Å². The van der Waals surface area contributed by atoms with E-state index in [1.165, 1.54) is 4.90 Å². The van der Waals surface area contributed by atoms with Crippen LogP contribution in [0.3, 0.4) is 0 Å². The number of hydrogen-bond acceptors (Lipinski definition) is 4. The number of carbonyl (C=O) groups excluding carboxylic acids is 2. The van der Waals surface area contributed by atoms with E-state index in [9.17, 15) is 22.8 Å². The first-order valence-electron chi connectivity index (χ1n) is 8.37. The molecule has 2 heterocycles. The van der Waals surface area contributed by atoms with Crippen molar-refractivity contribution in [1.29, 1.82) is 0 Å². The molecule has 0 saturated heterocycles. The van der Waals surface area contributed by atoms with Crippen LogP contribution in [0.5, 0.6) is 0 Å². The van der Waals surface area contributed by atoms with Gasteiger partial charge < -0.3 is 9.64 Å². The first kappa shape index (κ1) is 18.9. The second-order valence-electron chi connectivity index (χ2n) is 6.44. The van der Waals surface area contributed by atoms with Crippen molar-refractivity contribution in [2.24, 2.45) is 0 Å². The highest BCUT2D eigenvalue weighted by Crippen LogP contribution is 2.30. The third kappa shape index (κ3) is 4.47. The second kappa shape index (κ2) is 7.42. The van der Waals surface area contributed by atoms with E-state index in [0.29, 0.717) is 42.7 Å². The lowest BCUT2D eigenvalue weighted by atomic mass is 10.1. The molecule has 0 bridgehead atoms. The lowest BCUT2D eigenvalue weighted by molar-refractivity contribution is -0.137. The summed E-state index contributed by atoms with van der Waals surface area (Å²) in [6.07, 6.45) is -3.80. The highest BCUT2D eigenvalue weighted by atomic mass is 19.4. The van der Waals surface area contributed by atoms with Gasteiger partial charge in [0.05, 0.1) is 17.8 Å². The van der Waals surface area contributed by atoms with Crippen molar-refractivity contribution in [2.75, 3.05) is 6.54 Å². The average molecular weight is 381 g/mol. The Bertz CT molecular complexity index is 861. The van der Waals surface area contributed by atoms with Gasteiger partial charge in [-0.2, -0.15) is 18.3 Å². The number of aldehydes is 1. The number of carbonyl (C=O) groups is 2. The molecule has 0 unspecified atom stereocenters. The Morgan fingerprint density at radius 2 is 2.04 bits per heavy atom. The van der Waals surface area contributed by atoms with Crippen LogP contribution in [0.25, 0.3) is 0 Å². The van der Waals surface area contributed by atoms with Gasteiger partial charge in [-0.3, -0.25) is 9.48 Å². The Labute approximate surface area is 153 Å². The van der Waals surface area contributed by atoms with E-state index in [-0.39, 0.29) is 18.7 Å². The summed E-state index contributed by atoms with van der Waals surface area (Å²) in [6, 6.07) is 5.19. The lowest BCUT2D eigenvalue weighted by Gasteiger charge is -2.19. The Morgan fingerprint density at radius 1 is 1.26 bits per heavy atom. The predicted octanol–water partition coefficient (Wildman–Crippen LogP) is 3.57. The van der Waals surface area contributed by atoms with Gasteiger partial charge in [-0.15, -0.1) is 0 Å². The van der Waals surface area contributed by atoms with Crippen LogP contribution in [0.15, 0.2) is 24.3 Å². The Balaban J connectivity index is 1.67. The minimum atomic E-state index is -4.45. The van der Waals surface area contributed by atoms with E-state index in [1.807, 2.05) is 0 Å². The first-order valence-corrected chi connectivity index (χ1v) is 8.37. The number of aromatic nitrogens is 2. The molecule has 1 aliphatic rings. The van der Waals surface area contributed by atoms with Crippen molar-refractivity contribution in [2.45, 2.75) is 39.2 Å². The summed E-state index contributed by atoms with van der Waals surface area (Å²) in [6.45, 7) is 2.53. The number of hydrogen-bond donors (Lipinski definition) is 0. The van der Waals surface area contributed by atoms with E-state index in [0.717, 1.165) is 12.1 Å². The topological polar surface area (TPSA) is 64.4 Å². The smallest absolute Gasteiger partial charge is 0.416 e. The van der Waals surface area contributed by atoms with Gasteiger partial charge in [-0.1, -0.05) is 11.6 Å². The summed E-state index contributed by atoms with van der Waals surface area (Å²) >= 11 is 0. The van der Waals surface area contributed by atoms with Crippen LogP contribution in [-0.2, 0) is 30.6 Å². The third-order valence-corrected chi connectivity index (χ3v) is 4.24. The Kier molecular flexibility index (Phi) is 5.20. The van der Waals surface area contributed by atoms with Gasteiger partial charge in [-0.25, -0.2) is 4.79 Å². The van der Waals surface area contributed by atoms with Gasteiger partial charge in [0.25, 0.3) is 0 Å². The van der Waals surface area contributed by atoms with Gasteiger partial charge >= 0.3 is 12.3 Å². The summed E-state index contributed by atoms with van der Waals surface area (Å²) < 4.78 is 45.6. The van der Waals surface area contributed by atoms with Crippen LogP contribution in [0.1, 0.15) is 39.3 Å². The first-order chi connectivity index (χ1) is 12.8. The highest BCUT2D eigenvalue weighted by Gasteiger charge is 2.31. The van der Waals surface area contributed by atoms with E-state index in [1.54, 1.807) is 23.7 Å². The van der Waals surface area contributed by atoms with Gasteiger partial charge in [0.15, 0.2) is 6.29 Å². The molecule has 2 aromatic rings. The zero-order valence-corrected chi connectivity index (χ0v) is 14.6. The van der Waals surface area contributed by atoms with Crippen LogP contribution in [-0.4, -0.2) is 33.6 Å². The second-order valence-corrected chi connectivity index (χ2v) is 6.44. The summed E-state index contributed by atoms with van der Waals surface area (Å²) in [7, 11) is 0. The molecule has 3 rings (SSSR count). The number of halogens is 3. The molecule has 9 heteroatoms. The molecule has 0 aliphatic carbocycles. The monoisotopic (exact) mass is 381 g/mol. The van der Waals surface area contributed by atoms with Crippen molar-refractivity contribution >= 4 is 12.4 Å². The minimum absolute atomic E-state index is 0.224. The summed E-state index contributed by atoms with van der Waals surface area (Å²) in [5, 5.41) is 4.12. The van der Waals surface area contributed by atoms with E-state index >= 15 is 0 Å². The molecular formula is C18H18F3N3O3. The molecule has 0 fully saturated rings. The normalized spacial score (nSPS) is 14.4. The quantitative estimate of drug-likeness (QED) is 0.763. The van der Waals surface area contributed by atoms with Crippen molar-refractivity contribution in [1.82, 2.24) is 14.7 Å². The molecule has 1 aromatic heterocycles. The fourth-order valence-corrected chi connectivity index (χ4v) is 3.04. The van der Waals surface area contributed by atoms with Gasteiger partial charge in [0.1, 0.15) is 12.3 Å². The average Bonchev–Trinajstić information content (AvgIpc) is 2.89. The standard InChI is InChI=1S/C18H18F3N3O3/c1-12-5-13(7-14(6-12)18(19,20)21)11-27-17(26)23-3-2-4-24-16(9-23)8-15(10-25)22-24/h5-8,10H,2-4,9,11H2,1H3. The van der Waals surface area contributed by atoms with Crippen molar-refractivity contribution in [3.8, 4) is 0 Å². The maximum atomic E-state index is 12.9. The maximum Gasteiger partial charge on any atom is 0.416 e. The van der Waals surface area contributed by atoms with Crippen LogP contribution >= 0.6 is 0 Å². The molecule has 1 amide bonds. The molecule has 144 valence electrons. The lowest BCUT2D eigenvalue weighted by Crippen LogP contribution is -2.31. The van der Waals surface area contributed by atoms with E-state index in [4.69, 9.17) is 4.74 Å². The zero-order valence-electron chi connectivity index (χ0n) is 14.6. The number of nitrogens with zero attached hydrogens (tertiary/aromatic N) is 3. The zero-order chi connectivity index (χ0) is 19.6. The highest BCUT2D eigenvalue weighted by molar-refractivity contribution is 5.72. The van der Waals surface area contributed by atoms with Crippen molar-refractivity contribution < 1.29 is 27.5 Å². The van der Waals surface area contributed by atoms with Gasteiger partial charge in [0, 0.05) is 13.1 Å². The largest absolute Gasteiger partial charge is 0.445 e. The molecule has 1 aromatic carbocycles. The number of fused-ring (bicyclic) bond motifs is 1. The van der Waals surface area contributed by atoms with Crippen LogP contribution < -0.4 is 0 Å². The van der Waals surface area contributed by atoms with Crippen molar-refractivity contribution in [3.05, 3.63) is 52.3 Å². The molecular weight excluding hydrogens is 363 g/mol. The minimum Gasteiger partial charge on any atom is -0.445 e. The molecule has 0 saturated carbocycles. The SMILES string of the molecule is Cc1cc(COC(=O)N2CCCn3nc(C=O)cc3C2)cc(C(F)(F)F)c1. The number of amides is 1.